The third-order valence-corrected chi connectivity index (χ3v) is 8.94. The predicted octanol–water partition coefficient (Wildman–Crippen LogP) is 5.74. The minimum Gasteiger partial charge on any atom is -0.612 e. The standard InChI is InChI=1S/C29H29N3O5S2/c33-28(34)25-17-38-29(30-25)32-26(15-19-8-9-19)24(14-18-10-12-23(13-11-18)39(35)36)27(31-32)20-4-3-7-22(16-20)37-21-5-1-2-6-21/h3-4,7,10-13,16-17,19,21,39H,1-2,5-6,8-9,14-15H2,(H-,33,34,35,36). The van der Waals surface area contributed by atoms with E-state index in [1.165, 1.54) is 24.2 Å². The molecule has 2 aliphatic carbocycles. The lowest BCUT2D eigenvalue weighted by Gasteiger charge is -2.14. The summed E-state index contributed by atoms with van der Waals surface area (Å²) in [5, 5.41) is 16.6. The van der Waals surface area contributed by atoms with Gasteiger partial charge in [-0.2, -0.15) is 5.10 Å². The molecule has 2 saturated carbocycles. The monoisotopic (exact) mass is 563 g/mol. The molecule has 39 heavy (non-hydrogen) atoms. The zero-order valence-electron chi connectivity index (χ0n) is 21.3. The van der Waals surface area contributed by atoms with Crippen LogP contribution in [0.2, 0.25) is 0 Å². The van der Waals surface area contributed by atoms with Crippen molar-refractivity contribution >= 4 is 28.4 Å². The molecule has 2 aromatic carbocycles. The van der Waals surface area contributed by atoms with Gasteiger partial charge >= 0.3 is 5.97 Å². The van der Waals surface area contributed by atoms with Crippen molar-refractivity contribution in [2.24, 2.45) is 5.92 Å². The second-order valence-electron chi connectivity index (χ2n) is 10.3. The van der Waals surface area contributed by atoms with Crippen LogP contribution in [0, 0.1) is 5.92 Å². The van der Waals surface area contributed by atoms with Crippen molar-refractivity contribution in [1.82, 2.24) is 14.8 Å². The lowest BCUT2D eigenvalue weighted by molar-refractivity contribution is 0.0691. The smallest absolute Gasteiger partial charge is 0.355 e. The maximum atomic E-state index is 11.6. The molecular weight excluding hydrogens is 534 g/mol. The average molecular weight is 564 g/mol. The highest BCUT2D eigenvalue weighted by molar-refractivity contribution is 7.79. The van der Waals surface area contributed by atoms with Crippen molar-refractivity contribution in [2.45, 2.75) is 62.4 Å². The van der Waals surface area contributed by atoms with Gasteiger partial charge < -0.3 is 14.4 Å². The van der Waals surface area contributed by atoms with Crippen LogP contribution in [0.3, 0.4) is 0 Å². The molecule has 2 aromatic heterocycles. The molecule has 4 aromatic rings. The fourth-order valence-corrected chi connectivity index (χ4v) is 6.35. The van der Waals surface area contributed by atoms with Gasteiger partial charge in [-0.25, -0.2) is 14.5 Å². The van der Waals surface area contributed by atoms with Crippen LogP contribution in [0.1, 0.15) is 65.8 Å². The average Bonchev–Trinajstić information content (AvgIpc) is 3.28. The van der Waals surface area contributed by atoms with Crippen molar-refractivity contribution < 1.29 is 23.4 Å². The van der Waals surface area contributed by atoms with Gasteiger partial charge in [-0.1, -0.05) is 24.3 Å². The van der Waals surface area contributed by atoms with E-state index in [4.69, 9.17) is 9.84 Å². The Morgan fingerprint density at radius 3 is 2.56 bits per heavy atom. The number of benzene rings is 2. The van der Waals surface area contributed by atoms with E-state index in [1.807, 2.05) is 41.1 Å². The van der Waals surface area contributed by atoms with Crippen LogP contribution in [0.25, 0.3) is 16.4 Å². The number of rotatable bonds is 10. The number of thiazole rings is 1. The second kappa shape index (κ2) is 11.0. The Morgan fingerprint density at radius 2 is 1.90 bits per heavy atom. The van der Waals surface area contributed by atoms with E-state index in [9.17, 15) is 18.7 Å². The number of carboxylic acids is 1. The molecule has 0 aliphatic heterocycles. The molecule has 0 amide bonds. The molecule has 10 heteroatoms. The van der Waals surface area contributed by atoms with Crippen LogP contribution in [-0.4, -0.2) is 36.5 Å². The number of aromatic carboxylic acids is 1. The lowest BCUT2D eigenvalue weighted by Crippen LogP contribution is -2.10. The molecule has 8 nitrogen and oxygen atoms in total. The van der Waals surface area contributed by atoms with E-state index in [1.54, 1.807) is 17.5 Å². The molecule has 0 bridgehead atoms. The Balaban J connectivity index is 1.45. The van der Waals surface area contributed by atoms with Crippen LogP contribution in [0.4, 0.5) is 0 Å². The molecular formula is C29H29N3O5S2. The van der Waals surface area contributed by atoms with Gasteiger partial charge in [0.05, 0.1) is 28.6 Å². The highest BCUT2D eigenvalue weighted by Crippen LogP contribution is 2.39. The van der Waals surface area contributed by atoms with Crippen LogP contribution in [0.15, 0.2) is 58.8 Å². The Kier molecular flexibility index (Phi) is 7.33. The summed E-state index contributed by atoms with van der Waals surface area (Å²) in [4.78, 5) is 16.2. The second-order valence-corrected chi connectivity index (χ2v) is 12.2. The van der Waals surface area contributed by atoms with Crippen LogP contribution >= 0.6 is 11.3 Å². The Bertz CT molecular complexity index is 1520. The Morgan fingerprint density at radius 1 is 1.13 bits per heavy atom. The van der Waals surface area contributed by atoms with Crippen LogP contribution < -0.4 is 4.74 Å². The third-order valence-electron chi connectivity index (χ3n) is 7.40. The fourth-order valence-electron chi connectivity index (χ4n) is 5.18. The summed E-state index contributed by atoms with van der Waals surface area (Å²) in [6, 6.07) is 15.0. The molecule has 2 heterocycles. The first kappa shape index (κ1) is 25.9. The van der Waals surface area contributed by atoms with Crippen molar-refractivity contribution in [3.05, 3.63) is 76.4 Å². The van der Waals surface area contributed by atoms with Crippen LogP contribution in [-0.2, 0) is 28.1 Å². The number of ether oxygens (including phenoxy) is 1. The first-order valence-electron chi connectivity index (χ1n) is 13.2. The molecule has 6 rings (SSSR count). The quantitative estimate of drug-likeness (QED) is 0.193. The summed E-state index contributed by atoms with van der Waals surface area (Å²) in [5.74, 6) is 0.298. The highest BCUT2D eigenvalue weighted by atomic mass is 32.2. The minimum absolute atomic E-state index is 0.000228. The summed E-state index contributed by atoms with van der Waals surface area (Å²) in [6.07, 6.45) is 8.41. The highest BCUT2D eigenvalue weighted by Gasteiger charge is 2.29. The number of carbonyl (C=O) groups is 1. The minimum atomic E-state index is -2.64. The molecule has 1 N–H and O–H groups in total. The number of thiol groups is 1. The third kappa shape index (κ3) is 5.83. The van der Waals surface area contributed by atoms with Crippen molar-refractivity contribution in [1.29, 1.82) is 0 Å². The predicted molar refractivity (Wildman–Crippen MR) is 149 cm³/mol. The molecule has 2 aliphatic rings. The molecule has 1 unspecified atom stereocenters. The summed E-state index contributed by atoms with van der Waals surface area (Å²) in [6.45, 7) is 0. The topological polar surface area (TPSA) is 117 Å². The molecule has 0 saturated heterocycles. The summed E-state index contributed by atoms with van der Waals surface area (Å²) in [5.41, 5.74) is 4.74. The summed E-state index contributed by atoms with van der Waals surface area (Å²) < 4.78 is 30.9. The zero-order chi connectivity index (χ0) is 26.9. The van der Waals surface area contributed by atoms with Crippen molar-refractivity contribution in [2.75, 3.05) is 0 Å². The van der Waals surface area contributed by atoms with Crippen molar-refractivity contribution in [3.8, 4) is 22.1 Å². The summed E-state index contributed by atoms with van der Waals surface area (Å²) in [7, 11) is 0. The fraction of sp³-hybridized carbons (Fsp3) is 0.345. The maximum absolute atomic E-state index is 11.6. The zero-order valence-corrected chi connectivity index (χ0v) is 23.0. The van der Waals surface area contributed by atoms with Gasteiger partial charge in [0.15, 0.2) is 10.6 Å². The number of aromatic nitrogens is 3. The number of hydrogen-bond donors (Lipinski definition) is 1. The SMILES string of the molecule is O=C(O)c1csc(-n2nc(-c3cccc(OC4CCCC4)c3)c(Cc3ccc([SH+](=O)[O-])cc3)c2CC2CC2)n1. The van der Waals surface area contributed by atoms with E-state index in [2.05, 4.69) is 4.98 Å². The van der Waals surface area contributed by atoms with Gasteiger partial charge in [0.1, 0.15) is 5.75 Å². The van der Waals surface area contributed by atoms with Gasteiger partial charge in [-0.3, -0.25) is 0 Å². The van der Waals surface area contributed by atoms with E-state index < -0.39 is 17.0 Å². The van der Waals surface area contributed by atoms with Gasteiger partial charge in [-0.05, 0) is 80.7 Å². The normalized spacial score (nSPS) is 16.4. The van der Waals surface area contributed by atoms with Gasteiger partial charge in [0.2, 0.25) is 5.13 Å². The summed E-state index contributed by atoms with van der Waals surface area (Å²) >= 11 is -1.38. The molecule has 0 radical (unpaired) electrons. The Hall–Kier alpha value is -3.34. The van der Waals surface area contributed by atoms with E-state index in [0.29, 0.717) is 17.5 Å². The van der Waals surface area contributed by atoms with E-state index in [-0.39, 0.29) is 16.7 Å². The molecule has 1 atom stereocenters. The first-order chi connectivity index (χ1) is 18.9. The molecule has 2 fully saturated rings. The van der Waals surface area contributed by atoms with E-state index in [0.717, 1.165) is 65.9 Å². The van der Waals surface area contributed by atoms with Gasteiger partial charge in [0.25, 0.3) is 0 Å². The number of hydrogen-bond acceptors (Lipinski definition) is 7. The first-order valence-corrected chi connectivity index (χ1v) is 15.3. The van der Waals surface area contributed by atoms with Gasteiger partial charge in [0, 0.05) is 22.9 Å². The number of carboxylic acid groups (broad SMARTS) is 1. The largest absolute Gasteiger partial charge is 0.612 e. The van der Waals surface area contributed by atoms with Gasteiger partial charge in [-0.15, -0.1) is 15.5 Å². The van der Waals surface area contributed by atoms with E-state index >= 15 is 0 Å². The lowest BCUT2D eigenvalue weighted by atomic mass is 9.97. The Labute approximate surface area is 233 Å². The van der Waals surface area contributed by atoms with Crippen molar-refractivity contribution in [3.63, 3.8) is 0 Å². The maximum Gasteiger partial charge on any atom is 0.355 e. The number of nitrogens with zero attached hydrogens (tertiary/aromatic N) is 3. The van der Waals surface area contributed by atoms with Crippen LogP contribution in [0.5, 0.6) is 5.75 Å². The molecule has 202 valence electrons. The molecule has 0 spiro atoms.